The molecule has 2 aliphatic rings. The van der Waals surface area contributed by atoms with Crippen molar-refractivity contribution in [3.8, 4) is 17.5 Å². The third-order valence-corrected chi connectivity index (χ3v) is 6.61. The number of para-hydroxylation sites is 2. The van der Waals surface area contributed by atoms with Gasteiger partial charge in [-0.15, -0.1) is 0 Å². The Morgan fingerprint density at radius 2 is 1.78 bits per heavy atom. The van der Waals surface area contributed by atoms with Crippen LogP contribution in [0.5, 0.6) is 5.75 Å². The summed E-state index contributed by atoms with van der Waals surface area (Å²) in [5.74, 6) is 0.790. The summed E-state index contributed by atoms with van der Waals surface area (Å²) in [4.78, 5) is 15.0. The van der Waals surface area contributed by atoms with E-state index in [1.54, 1.807) is 0 Å². The van der Waals surface area contributed by atoms with Crippen molar-refractivity contribution < 1.29 is 12.4 Å². The fourth-order valence-corrected chi connectivity index (χ4v) is 4.78. The largest absolute Gasteiger partial charge is 0.479 e. The average molecular weight is 431 g/mol. The topological polar surface area (TPSA) is 84.3 Å². The summed E-state index contributed by atoms with van der Waals surface area (Å²) in [7, 11) is 0. The first-order chi connectivity index (χ1) is 15.3. The molecule has 6 nitrogen and oxygen atoms in total. The number of piperidine rings is 1. The molecule has 2 aliphatic heterocycles. The van der Waals surface area contributed by atoms with Gasteiger partial charge in [0.05, 0.1) is 11.4 Å². The Balaban J connectivity index is 0.00000162. The lowest BCUT2D eigenvalue weighted by Gasteiger charge is -2.45. The zero-order valence-electron chi connectivity index (χ0n) is 18.3. The van der Waals surface area contributed by atoms with Gasteiger partial charge in [-0.25, -0.2) is 0 Å². The monoisotopic (exact) mass is 430 g/mol. The quantitative estimate of drug-likeness (QED) is 0.646. The van der Waals surface area contributed by atoms with E-state index in [1.165, 1.54) is 0 Å². The molecule has 1 saturated heterocycles. The predicted molar refractivity (Wildman–Crippen MR) is 126 cm³/mol. The highest BCUT2D eigenvalue weighted by Gasteiger charge is 2.45. The van der Waals surface area contributed by atoms with Crippen molar-refractivity contribution in [2.45, 2.75) is 37.8 Å². The molecule has 0 radical (unpaired) electrons. The molecular formula is C26H30N4O2. The maximum Gasteiger partial charge on any atom is 0.253 e. The Labute approximate surface area is 190 Å². The summed E-state index contributed by atoms with van der Waals surface area (Å²) in [6, 6.07) is 21.5. The van der Waals surface area contributed by atoms with Gasteiger partial charge in [-0.1, -0.05) is 24.3 Å². The van der Waals surface area contributed by atoms with Crippen LogP contribution in [0.4, 0.5) is 0 Å². The normalized spacial score (nSPS) is 16.6. The Morgan fingerprint density at radius 1 is 1.09 bits per heavy atom. The first-order valence-electron chi connectivity index (χ1n) is 10.9. The SMILES string of the molecule is CC(C)(N)c1ccc(C(=O)N2CCC3(CC2)Oc2ccccc2-n2c(C#N)ccc23)cc1.[HH].[HH]. The molecule has 2 N–H and O–H groups in total. The Hall–Kier alpha value is -3.56. The van der Waals surface area contributed by atoms with Crippen LogP contribution < -0.4 is 10.5 Å². The number of benzene rings is 2. The molecule has 3 heterocycles. The Kier molecular flexibility index (Phi) is 4.61. The number of hydrogen-bond donors (Lipinski definition) is 1. The van der Waals surface area contributed by atoms with Crippen LogP contribution in [0.3, 0.4) is 0 Å². The van der Waals surface area contributed by atoms with Gasteiger partial charge in [0.2, 0.25) is 0 Å². The number of nitriles is 1. The minimum Gasteiger partial charge on any atom is -0.479 e. The molecule has 1 spiro atoms. The van der Waals surface area contributed by atoms with Crippen LogP contribution in [0, 0.1) is 11.3 Å². The number of nitrogens with zero attached hydrogens (tertiary/aromatic N) is 3. The lowest BCUT2D eigenvalue weighted by molar-refractivity contribution is -0.00937. The van der Waals surface area contributed by atoms with E-state index < -0.39 is 11.1 Å². The van der Waals surface area contributed by atoms with Crippen LogP contribution in [-0.4, -0.2) is 28.5 Å². The van der Waals surface area contributed by atoms with E-state index >= 15 is 0 Å². The van der Waals surface area contributed by atoms with Crippen molar-refractivity contribution in [3.63, 3.8) is 0 Å². The standard InChI is InChI=1S/C26H26N4O2.2H2/c1-25(2,28)19-9-7-18(8-10-19)24(31)29-15-13-26(14-16-29)23-12-11-20(17-27)30(23)21-5-3-4-6-22(21)32-26;;/h3-12H,13-16,28H2,1-2H3;2*1H. The highest BCUT2D eigenvalue weighted by molar-refractivity contribution is 5.94. The molecule has 1 amide bonds. The van der Waals surface area contributed by atoms with E-state index in [-0.39, 0.29) is 8.76 Å². The van der Waals surface area contributed by atoms with Gasteiger partial charge in [0.15, 0.2) is 5.60 Å². The first-order valence-corrected chi connectivity index (χ1v) is 10.9. The predicted octanol–water partition coefficient (Wildman–Crippen LogP) is 4.56. The fraction of sp³-hybridized carbons (Fsp3) is 0.308. The smallest absolute Gasteiger partial charge is 0.253 e. The number of aromatic nitrogens is 1. The van der Waals surface area contributed by atoms with Crippen LogP contribution in [0.15, 0.2) is 60.7 Å². The summed E-state index contributed by atoms with van der Waals surface area (Å²) < 4.78 is 8.55. The molecule has 2 aromatic carbocycles. The van der Waals surface area contributed by atoms with E-state index in [0.29, 0.717) is 37.2 Å². The summed E-state index contributed by atoms with van der Waals surface area (Å²) in [5, 5.41) is 9.63. The van der Waals surface area contributed by atoms with Crippen LogP contribution in [-0.2, 0) is 11.1 Å². The van der Waals surface area contributed by atoms with E-state index in [9.17, 15) is 10.1 Å². The van der Waals surface area contributed by atoms with Gasteiger partial charge in [0.25, 0.3) is 5.91 Å². The molecule has 166 valence electrons. The van der Waals surface area contributed by atoms with E-state index in [2.05, 4.69) is 6.07 Å². The van der Waals surface area contributed by atoms with Crippen molar-refractivity contribution in [3.05, 3.63) is 83.2 Å². The third kappa shape index (κ3) is 3.17. The van der Waals surface area contributed by atoms with E-state index in [1.807, 2.05) is 84.0 Å². The van der Waals surface area contributed by atoms with Crippen LogP contribution in [0.1, 0.15) is 56.9 Å². The second-order valence-corrected chi connectivity index (χ2v) is 9.21. The Bertz CT molecular complexity index is 1230. The van der Waals surface area contributed by atoms with Crippen molar-refractivity contribution in [2.24, 2.45) is 5.73 Å². The minimum atomic E-state index is -0.548. The van der Waals surface area contributed by atoms with Crippen molar-refractivity contribution >= 4 is 5.91 Å². The molecule has 1 fully saturated rings. The van der Waals surface area contributed by atoms with Gasteiger partial charge >= 0.3 is 0 Å². The zero-order chi connectivity index (χ0) is 22.5. The van der Waals surface area contributed by atoms with E-state index in [4.69, 9.17) is 10.5 Å². The number of rotatable bonds is 2. The van der Waals surface area contributed by atoms with Crippen LogP contribution in [0.25, 0.3) is 5.69 Å². The number of nitrogens with two attached hydrogens (primary N) is 1. The second-order valence-electron chi connectivity index (χ2n) is 9.21. The molecule has 0 atom stereocenters. The van der Waals surface area contributed by atoms with Gasteiger partial charge in [0, 0.05) is 39.9 Å². The highest BCUT2D eigenvalue weighted by Crippen LogP contribution is 2.45. The molecule has 0 bridgehead atoms. The molecule has 3 aromatic rings. The number of carbonyl (C=O) groups is 1. The number of hydrogen-bond acceptors (Lipinski definition) is 4. The van der Waals surface area contributed by atoms with Crippen molar-refractivity contribution in [1.82, 2.24) is 9.47 Å². The summed E-state index contributed by atoms with van der Waals surface area (Å²) >= 11 is 0. The number of ether oxygens (including phenoxy) is 1. The molecular weight excluding hydrogens is 400 g/mol. The lowest BCUT2D eigenvalue weighted by atomic mass is 9.86. The highest BCUT2D eigenvalue weighted by atomic mass is 16.5. The second kappa shape index (κ2) is 7.25. The van der Waals surface area contributed by atoms with Gasteiger partial charge in [-0.05, 0) is 55.8 Å². The zero-order valence-corrected chi connectivity index (χ0v) is 18.3. The first kappa shape index (κ1) is 20.3. The van der Waals surface area contributed by atoms with Gasteiger partial charge < -0.3 is 15.4 Å². The summed E-state index contributed by atoms with van der Waals surface area (Å²) in [6.07, 6.45) is 1.33. The summed E-state index contributed by atoms with van der Waals surface area (Å²) in [5.41, 5.74) is 9.29. The van der Waals surface area contributed by atoms with Gasteiger partial charge in [-0.2, -0.15) is 5.26 Å². The maximum absolute atomic E-state index is 13.1. The third-order valence-electron chi connectivity index (χ3n) is 6.61. The van der Waals surface area contributed by atoms with Gasteiger partial charge in [0.1, 0.15) is 17.5 Å². The van der Waals surface area contributed by atoms with Crippen LogP contribution >= 0.6 is 0 Å². The van der Waals surface area contributed by atoms with Crippen molar-refractivity contribution in [2.75, 3.05) is 13.1 Å². The molecule has 0 saturated carbocycles. The van der Waals surface area contributed by atoms with Crippen molar-refractivity contribution in [1.29, 1.82) is 5.26 Å². The molecule has 0 aliphatic carbocycles. The number of amides is 1. The van der Waals surface area contributed by atoms with E-state index in [0.717, 1.165) is 22.7 Å². The summed E-state index contributed by atoms with van der Waals surface area (Å²) in [6.45, 7) is 5.06. The molecule has 5 rings (SSSR count). The number of carbonyl (C=O) groups excluding carboxylic acids is 1. The maximum atomic E-state index is 13.1. The molecule has 0 unspecified atom stereocenters. The van der Waals surface area contributed by atoms with Crippen LogP contribution in [0.2, 0.25) is 0 Å². The van der Waals surface area contributed by atoms with Gasteiger partial charge in [-0.3, -0.25) is 9.36 Å². The Morgan fingerprint density at radius 3 is 2.44 bits per heavy atom. The number of likely N-dealkylation sites (tertiary alicyclic amines) is 1. The molecule has 1 aromatic heterocycles. The fourth-order valence-electron chi connectivity index (χ4n) is 4.78. The minimum absolute atomic E-state index is 0. The molecule has 32 heavy (non-hydrogen) atoms. The lowest BCUT2D eigenvalue weighted by Crippen LogP contribution is -2.50. The molecule has 6 heteroatoms. The number of fused-ring (bicyclic) bond motifs is 4. The average Bonchev–Trinajstić information content (AvgIpc) is 3.24.